The van der Waals surface area contributed by atoms with Gasteiger partial charge in [-0.05, 0) is 50.3 Å². The average molecular weight is 291 g/mol. The first kappa shape index (κ1) is 18.0. The fraction of sp³-hybridized carbons (Fsp3) is 0.684. The summed E-state index contributed by atoms with van der Waals surface area (Å²) in [7, 11) is 0. The van der Waals surface area contributed by atoms with E-state index in [2.05, 4.69) is 45.0 Å². The van der Waals surface area contributed by atoms with Gasteiger partial charge in [-0.25, -0.2) is 0 Å². The van der Waals surface area contributed by atoms with Gasteiger partial charge in [-0.1, -0.05) is 51.7 Å². The molecule has 0 fully saturated rings. The molecule has 0 saturated carbocycles. The Morgan fingerprint density at radius 2 is 1.67 bits per heavy atom. The van der Waals surface area contributed by atoms with Crippen LogP contribution < -0.4 is 10.5 Å². The summed E-state index contributed by atoms with van der Waals surface area (Å²) in [6, 6.07) is 8.50. The third-order valence-corrected chi connectivity index (χ3v) is 4.23. The third-order valence-electron chi connectivity index (χ3n) is 4.23. The molecule has 2 heteroatoms. The highest BCUT2D eigenvalue weighted by molar-refractivity contribution is 5.27. The quantitative estimate of drug-likeness (QED) is 0.576. The van der Waals surface area contributed by atoms with Crippen molar-refractivity contribution < 1.29 is 4.74 Å². The SMILES string of the molecule is CCCCCCCOc1ccc(CC[C@@](C)(N)CC)cc1. The number of unbranched alkanes of at least 4 members (excludes halogenated alkanes) is 4. The molecule has 0 saturated heterocycles. The average Bonchev–Trinajstić information content (AvgIpc) is 2.50. The van der Waals surface area contributed by atoms with Gasteiger partial charge in [-0.2, -0.15) is 0 Å². The molecule has 0 spiro atoms. The summed E-state index contributed by atoms with van der Waals surface area (Å²) in [6.45, 7) is 7.35. The van der Waals surface area contributed by atoms with Gasteiger partial charge in [0, 0.05) is 5.54 Å². The van der Waals surface area contributed by atoms with Crippen LogP contribution in [0, 0.1) is 0 Å². The highest BCUT2D eigenvalue weighted by Gasteiger charge is 2.14. The van der Waals surface area contributed by atoms with Crippen molar-refractivity contribution in [3.8, 4) is 5.75 Å². The molecule has 2 N–H and O–H groups in total. The van der Waals surface area contributed by atoms with Gasteiger partial charge in [0.2, 0.25) is 0 Å². The van der Waals surface area contributed by atoms with Crippen LogP contribution in [-0.4, -0.2) is 12.1 Å². The number of rotatable bonds is 11. The Morgan fingerprint density at radius 1 is 1.00 bits per heavy atom. The number of hydrogen-bond acceptors (Lipinski definition) is 2. The smallest absolute Gasteiger partial charge is 0.119 e. The summed E-state index contributed by atoms with van der Waals surface area (Å²) < 4.78 is 5.78. The van der Waals surface area contributed by atoms with Crippen molar-refractivity contribution in [3.63, 3.8) is 0 Å². The van der Waals surface area contributed by atoms with Crippen LogP contribution in [0.2, 0.25) is 0 Å². The summed E-state index contributed by atoms with van der Waals surface area (Å²) in [5.74, 6) is 0.986. The van der Waals surface area contributed by atoms with E-state index in [4.69, 9.17) is 10.5 Å². The molecule has 1 atom stereocenters. The van der Waals surface area contributed by atoms with Gasteiger partial charge in [0.1, 0.15) is 5.75 Å². The van der Waals surface area contributed by atoms with E-state index >= 15 is 0 Å². The number of benzene rings is 1. The zero-order valence-corrected chi connectivity index (χ0v) is 14.2. The molecule has 1 aromatic carbocycles. The van der Waals surface area contributed by atoms with Gasteiger partial charge >= 0.3 is 0 Å². The van der Waals surface area contributed by atoms with Crippen molar-refractivity contribution in [2.24, 2.45) is 5.73 Å². The summed E-state index contributed by atoms with van der Waals surface area (Å²) >= 11 is 0. The standard InChI is InChI=1S/C19H33NO/c1-4-6-7-8-9-16-21-18-12-10-17(11-13-18)14-15-19(3,20)5-2/h10-13H,4-9,14-16,20H2,1-3H3/t19-/m0/s1. The minimum absolute atomic E-state index is 0.0480. The van der Waals surface area contributed by atoms with Crippen molar-refractivity contribution in [2.45, 2.75) is 77.7 Å². The Bertz CT molecular complexity index is 370. The van der Waals surface area contributed by atoms with Crippen molar-refractivity contribution in [2.75, 3.05) is 6.61 Å². The van der Waals surface area contributed by atoms with Crippen molar-refractivity contribution in [1.82, 2.24) is 0 Å². The lowest BCUT2D eigenvalue weighted by molar-refractivity contribution is 0.304. The maximum Gasteiger partial charge on any atom is 0.119 e. The van der Waals surface area contributed by atoms with Crippen LogP contribution in [0.3, 0.4) is 0 Å². The van der Waals surface area contributed by atoms with Crippen LogP contribution in [0.5, 0.6) is 5.75 Å². The summed E-state index contributed by atoms with van der Waals surface area (Å²) in [6.07, 6.45) is 9.48. The molecule has 0 radical (unpaired) electrons. The Morgan fingerprint density at radius 3 is 2.29 bits per heavy atom. The molecule has 1 rings (SSSR count). The van der Waals surface area contributed by atoms with Crippen LogP contribution in [0.25, 0.3) is 0 Å². The molecule has 0 heterocycles. The zero-order valence-electron chi connectivity index (χ0n) is 14.2. The second-order valence-electron chi connectivity index (χ2n) is 6.41. The fourth-order valence-electron chi connectivity index (χ4n) is 2.25. The van der Waals surface area contributed by atoms with E-state index in [9.17, 15) is 0 Å². The molecular weight excluding hydrogens is 258 g/mol. The summed E-state index contributed by atoms with van der Waals surface area (Å²) in [5.41, 5.74) is 7.48. The van der Waals surface area contributed by atoms with Crippen LogP contribution in [0.1, 0.15) is 71.3 Å². The first-order chi connectivity index (χ1) is 10.1. The normalized spacial score (nSPS) is 13.9. The topological polar surface area (TPSA) is 35.2 Å². The molecular formula is C19H33NO. The number of nitrogens with two attached hydrogens (primary N) is 1. The van der Waals surface area contributed by atoms with Crippen LogP contribution in [0.4, 0.5) is 0 Å². The molecule has 0 unspecified atom stereocenters. The molecule has 0 amide bonds. The molecule has 0 aliphatic heterocycles. The first-order valence-corrected chi connectivity index (χ1v) is 8.58. The van der Waals surface area contributed by atoms with Crippen LogP contribution >= 0.6 is 0 Å². The fourth-order valence-corrected chi connectivity index (χ4v) is 2.25. The van der Waals surface area contributed by atoms with Crippen LogP contribution in [0.15, 0.2) is 24.3 Å². The predicted molar refractivity (Wildman–Crippen MR) is 91.9 cm³/mol. The van der Waals surface area contributed by atoms with E-state index in [-0.39, 0.29) is 5.54 Å². The number of aryl methyl sites for hydroxylation is 1. The summed E-state index contributed by atoms with van der Waals surface area (Å²) in [5, 5.41) is 0. The molecule has 0 aliphatic carbocycles. The highest BCUT2D eigenvalue weighted by Crippen LogP contribution is 2.18. The van der Waals surface area contributed by atoms with E-state index in [1.54, 1.807) is 0 Å². The van der Waals surface area contributed by atoms with Gasteiger partial charge < -0.3 is 10.5 Å². The summed E-state index contributed by atoms with van der Waals surface area (Å²) in [4.78, 5) is 0. The monoisotopic (exact) mass is 291 g/mol. The van der Waals surface area contributed by atoms with Crippen molar-refractivity contribution in [3.05, 3.63) is 29.8 Å². The Balaban J connectivity index is 2.24. The van der Waals surface area contributed by atoms with E-state index < -0.39 is 0 Å². The van der Waals surface area contributed by atoms with Gasteiger partial charge in [-0.15, -0.1) is 0 Å². The molecule has 21 heavy (non-hydrogen) atoms. The minimum Gasteiger partial charge on any atom is -0.494 e. The number of hydrogen-bond donors (Lipinski definition) is 1. The van der Waals surface area contributed by atoms with E-state index in [1.165, 1.54) is 31.2 Å². The third kappa shape index (κ3) is 8.11. The van der Waals surface area contributed by atoms with E-state index in [0.29, 0.717) is 0 Å². The second kappa shape index (κ2) is 9.83. The largest absolute Gasteiger partial charge is 0.494 e. The molecule has 0 bridgehead atoms. The minimum atomic E-state index is -0.0480. The maximum absolute atomic E-state index is 6.18. The van der Waals surface area contributed by atoms with Gasteiger partial charge in [-0.3, -0.25) is 0 Å². The lowest BCUT2D eigenvalue weighted by atomic mass is 9.92. The maximum atomic E-state index is 6.18. The van der Waals surface area contributed by atoms with E-state index in [0.717, 1.165) is 38.0 Å². The first-order valence-electron chi connectivity index (χ1n) is 8.58. The second-order valence-corrected chi connectivity index (χ2v) is 6.41. The Labute approximate surface area is 131 Å². The Kier molecular flexibility index (Phi) is 8.44. The lowest BCUT2D eigenvalue weighted by Crippen LogP contribution is -2.35. The Hall–Kier alpha value is -1.02. The molecule has 0 aromatic heterocycles. The molecule has 0 aliphatic rings. The predicted octanol–water partition coefficient (Wildman–Crippen LogP) is 5.10. The lowest BCUT2D eigenvalue weighted by Gasteiger charge is -2.22. The van der Waals surface area contributed by atoms with Gasteiger partial charge in [0.25, 0.3) is 0 Å². The van der Waals surface area contributed by atoms with Gasteiger partial charge in [0.05, 0.1) is 6.61 Å². The highest BCUT2D eigenvalue weighted by atomic mass is 16.5. The van der Waals surface area contributed by atoms with E-state index in [1.807, 2.05) is 0 Å². The molecule has 120 valence electrons. The zero-order chi connectivity index (χ0) is 15.6. The number of ether oxygens (including phenoxy) is 1. The van der Waals surface area contributed by atoms with Gasteiger partial charge in [0.15, 0.2) is 0 Å². The molecule has 1 aromatic rings. The van der Waals surface area contributed by atoms with Crippen molar-refractivity contribution in [1.29, 1.82) is 0 Å². The van der Waals surface area contributed by atoms with Crippen LogP contribution in [-0.2, 0) is 6.42 Å². The molecule has 2 nitrogen and oxygen atoms in total. The van der Waals surface area contributed by atoms with Crippen molar-refractivity contribution >= 4 is 0 Å².